The van der Waals surface area contributed by atoms with Crippen molar-refractivity contribution in [2.45, 2.75) is 19.4 Å². The van der Waals surface area contributed by atoms with Gasteiger partial charge in [0, 0.05) is 56.1 Å². The summed E-state index contributed by atoms with van der Waals surface area (Å²) in [5.74, 6) is 0.350. The molecule has 3 rings (SSSR count). The number of carbonyl (C=O) groups is 2. The van der Waals surface area contributed by atoms with E-state index in [1.54, 1.807) is 17.7 Å². The van der Waals surface area contributed by atoms with Gasteiger partial charge in [-0.15, -0.1) is 11.3 Å². The minimum Gasteiger partial charge on any atom is -0.357 e. The van der Waals surface area contributed by atoms with Crippen LogP contribution in [0.3, 0.4) is 0 Å². The maximum absolute atomic E-state index is 12.2. The van der Waals surface area contributed by atoms with E-state index in [1.807, 2.05) is 53.4 Å². The molecule has 0 spiro atoms. The lowest BCUT2D eigenvalue weighted by molar-refractivity contribution is -0.132. The molecule has 2 aromatic heterocycles. The highest BCUT2D eigenvalue weighted by Gasteiger charge is 2.30. The van der Waals surface area contributed by atoms with E-state index in [-0.39, 0.29) is 17.9 Å². The molecule has 2 aromatic rings. The lowest BCUT2D eigenvalue weighted by atomic mass is 9.92. The number of aryl methyl sites for hydroxylation is 1. The molecule has 7 heteroatoms. The third-order valence-corrected chi connectivity index (χ3v) is 5.08. The zero-order valence-electron chi connectivity index (χ0n) is 15.5. The van der Waals surface area contributed by atoms with Gasteiger partial charge in [0.1, 0.15) is 0 Å². The average molecular weight is 385 g/mol. The van der Waals surface area contributed by atoms with E-state index in [1.165, 1.54) is 17.4 Å². The summed E-state index contributed by atoms with van der Waals surface area (Å²) in [6, 6.07) is 2.04. The van der Waals surface area contributed by atoms with Gasteiger partial charge < -0.3 is 14.8 Å². The van der Waals surface area contributed by atoms with Crippen LogP contribution >= 0.6 is 11.3 Å². The van der Waals surface area contributed by atoms with Gasteiger partial charge in [-0.05, 0) is 43.0 Å². The fourth-order valence-corrected chi connectivity index (χ4v) is 3.63. The number of hydrogen-bond donors (Lipinski definition) is 1. The van der Waals surface area contributed by atoms with E-state index in [9.17, 15) is 9.59 Å². The van der Waals surface area contributed by atoms with Crippen LogP contribution < -0.4 is 5.32 Å². The smallest absolute Gasteiger partial charge is 0.246 e. The van der Waals surface area contributed by atoms with Gasteiger partial charge in [-0.3, -0.25) is 9.59 Å². The van der Waals surface area contributed by atoms with Gasteiger partial charge in [-0.1, -0.05) is 0 Å². The van der Waals surface area contributed by atoms with E-state index in [2.05, 4.69) is 10.3 Å². The Morgan fingerprint density at radius 2 is 2.19 bits per heavy atom. The van der Waals surface area contributed by atoms with Crippen molar-refractivity contribution >= 4 is 35.3 Å². The Bertz CT molecular complexity index is 832. The Morgan fingerprint density at radius 1 is 1.37 bits per heavy atom. The van der Waals surface area contributed by atoms with Crippen molar-refractivity contribution in [3.8, 4) is 0 Å². The standard InChI is InChI=1S/C20H24N4O2S/c1-15(22-19(25)5-4-18-13-27-14-21-18)9-17-11-24(12-17)20(26)6-3-16-7-8-23(2)10-16/h3-8,10,13-15,17H,9,11-12H2,1-2H3,(H,22,25)/b5-4+,6-3+. The van der Waals surface area contributed by atoms with E-state index in [4.69, 9.17) is 0 Å². The van der Waals surface area contributed by atoms with Crippen molar-refractivity contribution in [1.82, 2.24) is 19.8 Å². The first-order chi connectivity index (χ1) is 13.0. The molecule has 6 nitrogen and oxygen atoms in total. The predicted molar refractivity (Wildman–Crippen MR) is 108 cm³/mol. The summed E-state index contributed by atoms with van der Waals surface area (Å²) in [6.07, 6.45) is 11.5. The Balaban J connectivity index is 1.36. The molecule has 0 saturated carbocycles. The molecular formula is C20H24N4O2S. The van der Waals surface area contributed by atoms with Crippen molar-refractivity contribution in [1.29, 1.82) is 0 Å². The molecule has 2 amide bonds. The van der Waals surface area contributed by atoms with E-state index in [0.29, 0.717) is 5.92 Å². The molecule has 1 N–H and O–H groups in total. The van der Waals surface area contributed by atoms with Crippen LogP contribution in [0, 0.1) is 5.92 Å². The Labute approximate surface area is 163 Å². The van der Waals surface area contributed by atoms with Crippen LogP contribution in [-0.4, -0.2) is 45.4 Å². The first kappa shape index (κ1) is 19.1. The zero-order valence-corrected chi connectivity index (χ0v) is 16.4. The molecule has 142 valence electrons. The topological polar surface area (TPSA) is 67.2 Å². The number of likely N-dealkylation sites (tertiary alicyclic amines) is 1. The molecule has 27 heavy (non-hydrogen) atoms. The molecule has 1 unspecified atom stereocenters. The minimum absolute atomic E-state index is 0.0398. The molecule has 1 fully saturated rings. The number of rotatable bonds is 7. The summed E-state index contributed by atoms with van der Waals surface area (Å²) in [4.78, 5) is 30.0. The Morgan fingerprint density at radius 3 is 2.85 bits per heavy atom. The SMILES string of the molecule is CC(CC1CN(C(=O)/C=C/c2ccn(C)c2)C1)NC(=O)/C=C/c1cscn1. The summed E-state index contributed by atoms with van der Waals surface area (Å²) < 4.78 is 1.95. The summed E-state index contributed by atoms with van der Waals surface area (Å²) in [6.45, 7) is 3.48. The number of nitrogens with zero attached hydrogens (tertiary/aromatic N) is 3. The fourth-order valence-electron chi connectivity index (χ4n) is 3.11. The summed E-state index contributed by atoms with van der Waals surface area (Å²) in [5, 5.41) is 4.85. The van der Waals surface area contributed by atoms with E-state index >= 15 is 0 Å². The van der Waals surface area contributed by atoms with Crippen LogP contribution in [0.5, 0.6) is 0 Å². The maximum Gasteiger partial charge on any atom is 0.246 e. The van der Waals surface area contributed by atoms with E-state index in [0.717, 1.165) is 30.8 Å². The fraction of sp³-hybridized carbons (Fsp3) is 0.350. The Hall–Kier alpha value is -2.67. The quantitative estimate of drug-likeness (QED) is 0.746. The molecule has 0 aliphatic carbocycles. The molecule has 1 saturated heterocycles. The third kappa shape index (κ3) is 5.65. The van der Waals surface area contributed by atoms with Crippen molar-refractivity contribution in [3.05, 3.63) is 52.8 Å². The number of aromatic nitrogens is 2. The predicted octanol–water partition coefficient (Wildman–Crippen LogP) is 2.56. The highest BCUT2D eigenvalue weighted by Crippen LogP contribution is 2.21. The lowest BCUT2D eigenvalue weighted by Crippen LogP contribution is -2.51. The van der Waals surface area contributed by atoms with Crippen molar-refractivity contribution < 1.29 is 9.59 Å². The maximum atomic E-state index is 12.2. The second-order valence-corrected chi connectivity index (χ2v) is 7.66. The molecule has 1 atom stereocenters. The first-order valence-electron chi connectivity index (χ1n) is 8.95. The zero-order chi connectivity index (χ0) is 19.2. The molecule has 0 bridgehead atoms. The highest BCUT2D eigenvalue weighted by atomic mass is 32.1. The molecule has 1 aliphatic heterocycles. The lowest BCUT2D eigenvalue weighted by Gasteiger charge is -2.40. The number of carbonyl (C=O) groups excluding carboxylic acids is 2. The van der Waals surface area contributed by atoms with Crippen LogP contribution in [0.1, 0.15) is 24.6 Å². The van der Waals surface area contributed by atoms with Crippen LogP contribution in [0.2, 0.25) is 0 Å². The van der Waals surface area contributed by atoms with Crippen LogP contribution in [0.4, 0.5) is 0 Å². The van der Waals surface area contributed by atoms with Crippen LogP contribution in [0.15, 0.2) is 41.5 Å². The molecule has 3 heterocycles. The van der Waals surface area contributed by atoms with Crippen molar-refractivity contribution in [2.24, 2.45) is 13.0 Å². The minimum atomic E-state index is -0.117. The first-order valence-corrected chi connectivity index (χ1v) is 9.89. The second kappa shape index (κ2) is 8.81. The molecule has 1 aliphatic rings. The summed E-state index contributed by atoms with van der Waals surface area (Å²) in [7, 11) is 1.95. The van der Waals surface area contributed by atoms with Crippen molar-refractivity contribution in [2.75, 3.05) is 13.1 Å². The molecule has 0 radical (unpaired) electrons. The largest absolute Gasteiger partial charge is 0.357 e. The number of thiazole rings is 1. The molecular weight excluding hydrogens is 360 g/mol. The normalized spacial score (nSPS) is 16.0. The van der Waals surface area contributed by atoms with Gasteiger partial charge in [-0.2, -0.15) is 0 Å². The van der Waals surface area contributed by atoms with Crippen LogP contribution in [0.25, 0.3) is 12.2 Å². The van der Waals surface area contributed by atoms with Gasteiger partial charge in [0.05, 0.1) is 11.2 Å². The van der Waals surface area contributed by atoms with Gasteiger partial charge in [0.15, 0.2) is 0 Å². The van der Waals surface area contributed by atoms with Gasteiger partial charge >= 0.3 is 0 Å². The number of amides is 2. The second-order valence-electron chi connectivity index (χ2n) is 6.94. The molecule has 0 aromatic carbocycles. The van der Waals surface area contributed by atoms with E-state index < -0.39 is 0 Å². The van der Waals surface area contributed by atoms with Gasteiger partial charge in [-0.25, -0.2) is 4.98 Å². The summed E-state index contributed by atoms with van der Waals surface area (Å²) >= 11 is 1.50. The van der Waals surface area contributed by atoms with Gasteiger partial charge in [0.2, 0.25) is 11.8 Å². The number of nitrogens with one attached hydrogen (secondary N) is 1. The third-order valence-electron chi connectivity index (χ3n) is 4.47. The van der Waals surface area contributed by atoms with Gasteiger partial charge in [0.25, 0.3) is 0 Å². The summed E-state index contributed by atoms with van der Waals surface area (Å²) in [5.41, 5.74) is 3.54. The monoisotopic (exact) mass is 384 g/mol. The van der Waals surface area contributed by atoms with Crippen LogP contribution in [-0.2, 0) is 16.6 Å². The Kier molecular flexibility index (Phi) is 6.24. The number of hydrogen-bond acceptors (Lipinski definition) is 4. The average Bonchev–Trinajstić information content (AvgIpc) is 3.25. The van der Waals surface area contributed by atoms with Crippen molar-refractivity contribution in [3.63, 3.8) is 0 Å². The highest BCUT2D eigenvalue weighted by molar-refractivity contribution is 7.07.